The van der Waals surface area contributed by atoms with Crippen LogP contribution in [0.15, 0.2) is 0 Å². The summed E-state index contributed by atoms with van der Waals surface area (Å²) in [7, 11) is -7.15. The molecule has 0 aliphatic carbocycles. The molecule has 0 aliphatic heterocycles. The maximum atomic E-state index is 9.56. The molecule has 0 aromatic heterocycles. The van der Waals surface area contributed by atoms with E-state index < -0.39 is 99.9 Å². The van der Waals surface area contributed by atoms with Crippen molar-refractivity contribution in [2.24, 2.45) is 5.41 Å². The van der Waals surface area contributed by atoms with Crippen LogP contribution in [0.25, 0.3) is 0 Å². The molecule has 0 spiro atoms. The Morgan fingerprint density at radius 2 is 0.735 bits per heavy atom. The van der Waals surface area contributed by atoms with Crippen LogP contribution in [0.3, 0.4) is 0 Å². The Balaban J connectivity index is -0.000000109. The van der Waals surface area contributed by atoms with Crippen molar-refractivity contribution in [2.75, 3.05) is 26.4 Å². The molecule has 0 heterocycles. The van der Waals surface area contributed by atoms with Gasteiger partial charge >= 0.3 is 26.2 Å². The molecule has 0 aromatic rings. The quantitative estimate of drug-likeness (QED) is 0.119. The van der Waals surface area contributed by atoms with Gasteiger partial charge in [0.2, 0.25) is 30.9 Å². The molecule has 196 valence electrons. The first kappa shape index (κ1) is 42.4. The van der Waals surface area contributed by atoms with Crippen LogP contribution in [0.5, 0.6) is 0 Å². The van der Waals surface area contributed by atoms with E-state index in [1.807, 2.05) is 0 Å². The molecule has 16 nitrogen and oxygen atoms in total. The number of carboxylic acids is 3. The molecule has 0 unspecified atom stereocenters. The second-order valence-electron chi connectivity index (χ2n) is 5.14. The number of rotatable bonds is 10. The fourth-order valence-corrected chi connectivity index (χ4v) is 1.52. The van der Waals surface area contributed by atoms with E-state index in [-0.39, 0.29) is 26.2 Å². The van der Waals surface area contributed by atoms with Crippen LogP contribution in [0.2, 0.25) is 0 Å². The van der Waals surface area contributed by atoms with E-state index in [4.69, 9.17) is 20.4 Å². The Labute approximate surface area is 216 Å². The second-order valence-corrected chi connectivity index (χ2v) is 7.71. The fraction of sp³-hybridized carbons (Fsp3) is 0.571. The molecule has 0 aromatic carbocycles. The summed E-state index contributed by atoms with van der Waals surface area (Å²) in [6.45, 7) is -1.62. The van der Waals surface area contributed by atoms with Gasteiger partial charge in [-0.05, 0) is 0 Å². The van der Waals surface area contributed by atoms with Crippen molar-refractivity contribution in [2.45, 2.75) is 19.3 Å². The Morgan fingerprint density at radius 1 is 0.559 bits per heavy atom. The summed E-state index contributed by atoms with van der Waals surface area (Å²) in [5.74, 6) is -4.18. The molecule has 0 rings (SSSR count). The van der Waals surface area contributed by atoms with Gasteiger partial charge in [-0.3, -0.25) is 0 Å². The van der Waals surface area contributed by atoms with Crippen LogP contribution in [-0.2, 0) is 45.3 Å². The molecule has 0 bridgehead atoms. The van der Waals surface area contributed by atoms with E-state index in [1.165, 1.54) is 0 Å². The summed E-state index contributed by atoms with van der Waals surface area (Å²) in [6, 6.07) is 0. The van der Waals surface area contributed by atoms with Crippen molar-refractivity contribution in [3.8, 4) is 0 Å². The van der Waals surface area contributed by atoms with Crippen molar-refractivity contribution in [3.63, 3.8) is 0 Å². The summed E-state index contributed by atoms with van der Waals surface area (Å²) in [5, 5.41) is 64.3. The third kappa shape index (κ3) is 40.6. The second kappa shape index (κ2) is 27.4. The summed E-state index contributed by atoms with van der Waals surface area (Å²) in [6.07, 6.45) is -1.64. The van der Waals surface area contributed by atoms with Crippen LogP contribution in [-0.4, -0.2) is 132 Å². The third-order valence-electron chi connectivity index (χ3n) is 2.50. The zero-order valence-electron chi connectivity index (χ0n) is 17.0. The van der Waals surface area contributed by atoms with Crippen molar-refractivity contribution >= 4 is 91.1 Å². The third-order valence-corrected chi connectivity index (χ3v) is 3.82. The van der Waals surface area contributed by atoms with Gasteiger partial charge in [0.1, 0.15) is 0 Å². The fourth-order valence-electron chi connectivity index (χ4n) is 0.708. The van der Waals surface area contributed by atoms with Gasteiger partial charge < -0.3 is 50.1 Å². The molecule has 0 aliphatic rings. The van der Waals surface area contributed by atoms with Gasteiger partial charge in [0.05, 0.1) is 31.8 Å². The standard InChI is InChI=1S/C5H12O4.3C3H4O4S.Bi/c6-1-5(2-7,3-8)4-9;3*4-3(5)1-2-8(6)7;/h6-9H,1-4H2;3*2H,1H2,(H,4,5);/q;;;;+3/p-3. The Bertz CT molecular complexity index is 836. The maximum absolute atomic E-state index is 9.56. The van der Waals surface area contributed by atoms with Crippen LogP contribution in [0.1, 0.15) is 19.3 Å². The van der Waals surface area contributed by atoms with Crippen molar-refractivity contribution in [1.29, 1.82) is 0 Å². The molecule has 20 heteroatoms. The van der Waals surface area contributed by atoms with Crippen molar-refractivity contribution in [1.82, 2.24) is 0 Å². The molecule has 2 radical (unpaired) electrons. The molecular weight excluding hydrogens is 729 g/mol. The smallest absolute Gasteiger partial charge is 0.550 e. The number of carboxylic acid groups (broad SMARTS) is 3. The minimum Gasteiger partial charge on any atom is -0.550 e. The average Bonchev–Trinajstić information content (AvgIpc) is 2.73. The van der Waals surface area contributed by atoms with E-state index in [2.05, 4.69) is 0 Å². The molecule has 0 saturated heterocycles. The number of carbonyl (C=O) groups is 3. The minimum absolute atomic E-state index is 0. The van der Waals surface area contributed by atoms with E-state index >= 15 is 0 Å². The molecule has 0 atom stereocenters. The maximum Gasteiger partial charge on any atom is 3.00 e. The van der Waals surface area contributed by atoms with E-state index in [9.17, 15) is 55.0 Å². The van der Waals surface area contributed by atoms with Crippen molar-refractivity contribution in [3.05, 3.63) is 0 Å². The van der Waals surface area contributed by atoms with Crippen molar-refractivity contribution < 1.29 is 75.4 Å². The first-order valence-electron chi connectivity index (χ1n) is 7.90. The zero-order chi connectivity index (χ0) is 27.0. The average molecular weight is 750 g/mol. The Hall–Kier alpha value is -1.80. The van der Waals surface area contributed by atoms with Gasteiger partial charge in [-0.1, -0.05) is 0 Å². The molecule has 0 fully saturated rings. The summed E-state index contributed by atoms with van der Waals surface area (Å²) < 4.78 is 57.3. The van der Waals surface area contributed by atoms with Gasteiger partial charge in [0, 0.05) is 53.3 Å². The van der Waals surface area contributed by atoms with Crippen LogP contribution < -0.4 is 15.3 Å². The predicted octanol–water partition coefficient (Wildman–Crippen LogP) is -9.02. The molecule has 0 saturated carbocycles. The Kier molecular flexibility index (Phi) is 34.2. The van der Waals surface area contributed by atoms with E-state index in [0.29, 0.717) is 16.1 Å². The summed E-state index contributed by atoms with van der Waals surface area (Å²) in [5.41, 5.74) is -1.11. The van der Waals surface area contributed by atoms with Gasteiger partial charge in [-0.25, -0.2) is 0 Å². The van der Waals surface area contributed by atoms with Crippen LogP contribution in [0.4, 0.5) is 0 Å². The molecule has 0 amide bonds. The SMILES string of the molecule is O=C([O-])CC=S(=O)=O.O=C([O-])CC=S(=O)=O.O=C([O-])CC=S(=O)=O.OCC(CO)(CO)CO.[Bi+3]. The normalized spacial score (nSPS) is 8.82. The number of aliphatic hydroxyl groups excluding tert-OH is 4. The molecular formula is C14H21BiO16S3. The Morgan fingerprint density at radius 3 is 0.765 bits per heavy atom. The summed E-state index contributed by atoms with van der Waals surface area (Å²) >= 11 is 0. The van der Waals surface area contributed by atoms with Gasteiger partial charge in [0.15, 0.2) is 0 Å². The van der Waals surface area contributed by atoms with Gasteiger partial charge in [-0.2, -0.15) is 25.3 Å². The van der Waals surface area contributed by atoms with E-state index in [0.717, 1.165) is 0 Å². The van der Waals surface area contributed by atoms with Gasteiger partial charge in [0.25, 0.3) is 0 Å². The molecule has 4 N–H and O–H groups in total. The number of hydrogen-bond donors (Lipinski definition) is 4. The zero-order valence-corrected chi connectivity index (χ0v) is 23.0. The van der Waals surface area contributed by atoms with Crippen LogP contribution >= 0.6 is 0 Å². The first-order valence-corrected chi connectivity index (χ1v) is 11.3. The molecule has 34 heavy (non-hydrogen) atoms. The summed E-state index contributed by atoms with van der Waals surface area (Å²) in [4.78, 5) is 28.5. The topological polar surface area (TPSA) is 304 Å². The van der Waals surface area contributed by atoms with Crippen LogP contribution in [0, 0.1) is 5.41 Å². The number of carbonyl (C=O) groups excluding carboxylic acids is 3. The number of aliphatic hydroxyl groups is 4. The minimum atomic E-state index is -2.38. The number of hydrogen-bond acceptors (Lipinski definition) is 16. The predicted molar refractivity (Wildman–Crippen MR) is 110 cm³/mol. The first-order chi connectivity index (χ1) is 15.1. The number of aliphatic carboxylic acids is 3. The monoisotopic (exact) mass is 750 g/mol. The van der Waals surface area contributed by atoms with E-state index in [1.54, 1.807) is 0 Å². The van der Waals surface area contributed by atoms with Gasteiger partial charge in [-0.15, -0.1) is 0 Å². The largest absolute Gasteiger partial charge is 3.00 e.